The van der Waals surface area contributed by atoms with Gasteiger partial charge in [0, 0.05) is 0 Å². The molecule has 0 N–H and O–H groups in total. The SMILES string of the molecule is [CH2-]C.[CH2-]C(F)(F)F.[Ca+2]. The van der Waals surface area contributed by atoms with Crippen LogP contribution >= 0.6 is 0 Å². The number of alkyl halides is 3. The molecule has 0 saturated heterocycles. The van der Waals surface area contributed by atoms with Crippen molar-refractivity contribution in [3.63, 3.8) is 0 Å². The van der Waals surface area contributed by atoms with E-state index in [9.17, 15) is 13.2 Å². The maximum absolute atomic E-state index is 10.2. The number of hydrogen-bond donors (Lipinski definition) is 0. The number of rotatable bonds is 0. The van der Waals surface area contributed by atoms with Crippen molar-refractivity contribution >= 4 is 37.7 Å². The van der Waals surface area contributed by atoms with Crippen molar-refractivity contribution in [3.05, 3.63) is 13.8 Å². The van der Waals surface area contributed by atoms with Crippen molar-refractivity contribution < 1.29 is 13.2 Å². The van der Waals surface area contributed by atoms with Gasteiger partial charge in [-0.25, -0.2) is 20.1 Å². The van der Waals surface area contributed by atoms with E-state index in [1.165, 1.54) is 0 Å². The molecule has 46 valence electrons. The summed E-state index contributed by atoms with van der Waals surface area (Å²) in [5, 5.41) is 0. The van der Waals surface area contributed by atoms with E-state index in [1.807, 2.05) is 0 Å². The summed E-state index contributed by atoms with van der Waals surface area (Å²) in [4.78, 5) is 0. The predicted molar refractivity (Wildman–Crippen MR) is 28.2 cm³/mol. The summed E-state index contributed by atoms with van der Waals surface area (Å²) in [5.74, 6) is 0. The molecule has 0 unspecified atom stereocenters. The van der Waals surface area contributed by atoms with Gasteiger partial charge in [0.25, 0.3) is 6.18 Å². The van der Waals surface area contributed by atoms with Crippen molar-refractivity contribution in [3.8, 4) is 0 Å². The standard InChI is InChI=1S/C2H2F3.C2H5.Ca/c1-2(3,4)5;1-2;/h1H2;1H2,2H3;/q2*-1;+2. The van der Waals surface area contributed by atoms with E-state index in [1.54, 1.807) is 13.8 Å². The summed E-state index contributed by atoms with van der Waals surface area (Å²) in [5.41, 5.74) is 0. The van der Waals surface area contributed by atoms with Gasteiger partial charge in [0.2, 0.25) is 0 Å². The molecule has 0 aromatic rings. The second-order valence-electron chi connectivity index (χ2n) is 0.615. The molecule has 0 fully saturated rings. The smallest absolute Gasteiger partial charge is 0.346 e. The summed E-state index contributed by atoms with van der Waals surface area (Å²) < 4.78 is 30.7. The number of halogens is 3. The van der Waals surface area contributed by atoms with Crippen molar-refractivity contribution in [1.29, 1.82) is 0 Å². The summed E-state index contributed by atoms with van der Waals surface area (Å²) in [6.07, 6.45) is -4.25. The van der Waals surface area contributed by atoms with Gasteiger partial charge >= 0.3 is 37.7 Å². The van der Waals surface area contributed by atoms with Crippen LogP contribution in [0.1, 0.15) is 6.92 Å². The quantitative estimate of drug-likeness (QED) is 0.367. The van der Waals surface area contributed by atoms with Crippen molar-refractivity contribution in [2.45, 2.75) is 13.1 Å². The van der Waals surface area contributed by atoms with Gasteiger partial charge in [-0.1, -0.05) is 0 Å². The Hall–Kier alpha value is 1.05. The first-order chi connectivity index (χ1) is 3.00. The molecule has 4 heteroatoms. The van der Waals surface area contributed by atoms with E-state index in [2.05, 4.69) is 6.92 Å². The van der Waals surface area contributed by atoms with Gasteiger partial charge in [0.05, 0.1) is 0 Å². The van der Waals surface area contributed by atoms with Crippen LogP contribution in [0.4, 0.5) is 13.2 Å². The Balaban J connectivity index is -0.0000000750. The van der Waals surface area contributed by atoms with Gasteiger partial charge in [0.15, 0.2) is 0 Å². The fourth-order valence-electron chi connectivity index (χ4n) is 0. The largest absolute Gasteiger partial charge is 2.00 e. The van der Waals surface area contributed by atoms with Crippen LogP contribution in [-0.4, -0.2) is 43.9 Å². The summed E-state index contributed by atoms with van der Waals surface area (Å²) in [7, 11) is 0. The van der Waals surface area contributed by atoms with Crippen LogP contribution in [-0.2, 0) is 0 Å². The summed E-state index contributed by atoms with van der Waals surface area (Å²) in [6, 6.07) is 0. The molecule has 0 radical (unpaired) electrons. The monoisotopic (exact) mass is 152 g/mol. The predicted octanol–water partition coefficient (Wildman–Crippen LogP) is 1.84. The molecule has 0 amide bonds. The van der Waals surface area contributed by atoms with Crippen LogP contribution in [0.5, 0.6) is 0 Å². The van der Waals surface area contributed by atoms with E-state index in [0.717, 1.165) is 0 Å². The van der Waals surface area contributed by atoms with Crippen LogP contribution in [0.25, 0.3) is 0 Å². The zero-order chi connectivity index (χ0) is 6.50. The minimum absolute atomic E-state index is 0. The summed E-state index contributed by atoms with van der Waals surface area (Å²) >= 11 is 0. The number of hydrogen-bond acceptors (Lipinski definition) is 0. The minimum atomic E-state index is -4.25. The molecule has 0 heterocycles. The minimum Gasteiger partial charge on any atom is -0.346 e. The Morgan fingerprint density at radius 1 is 1.12 bits per heavy atom. The second-order valence-corrected chi connectivity index (χ2v) is 0.615. The molecule has 0 rings (SSSR count). The van der Waals surface area contributed by atoms with Gasteiger partial charge in [-0.3, -0.25) is 0 Å². The van der Waals surface area contributed by atoms with Crippen LogP contribution in [0.2, 0.25) is 0 Å². The third-order valence-corrected chi connectivity index (χ3v) is 0. The van der Waals surface area contributed by atoms with E-state index < -0.39 is 6.18 Å². The Morgan fingerprint density at radius 2 is 1.12 bits per heavy atom. The van der Waals surface area contributed by atoms with Gasteiger partial charge in [-0.15, -0.1) is 0 Å². The van der Waals surface area contributed by atoms with E-state index >= 15 is 0 Å². The first-order valence-corrected chi connectivity index (χ1v) is 1.63. The van der Waals surface area contributed by atoms with Crippen molar-refractivity contribution in [2.75, 3.05) is 0 Å². The zero-order valence-corrected chi connectivity index (χ0v) is 6.96. The Labute approximate surface area is 77.5 Å². The molecular formula is C4H7CaF3. The van der Waals surface area contributed by atoms with Crippen LogP contribution in [0.15, 0.2) is 0 Å². The van der Waals surface area contributed by atoms with Crippen molar-refractivity contribution in [2.24, 2.45) is 0 Å². The molecule has 0 aliphatic carbocycles. The van der Waals surface area contributed by atoms with Crippen molar-refractivity contribution in [1.82, 2.24) is 0 Å². The molecule has 0 aromatic heterocycles. The second kappa shape index (κ2) is 8.05. The molecular weight excluding hydrogens is 145 g/mol. The average Bonchev–Trinajstić information content (AvgIpc) is 1.36. The Morgan fingerprint density at radius 3 is 1.12 bits per heavy atom. The maximum Gasteiger partial charge on any atom is 2.00 e. The van der Waals surface area contributed by atoms with E-state index in [-0.39, 0.29) is 37.7 Å². The normalized spacial score (nSPS) is 8.25. The third kappa shape index (κ3) is 234. The molecule has 0 aromatic carbocycles. The van der Waals surface area contributed by atoms with E-state index in [0.29, 0.717) is 0 Å². The van der Waals surface area contributed by atoms with Gasteiger partial charge < -0.3 is 6.92 Å². The fraction of sp³-hybridized carbons (Fsp3) is 0.500. The molecule has 0 bridgehead atoms. The molecule has 8 heavy (non-hydrogen) atoms. The van der Waals surface area contributed by atoms with Gasteiger partial charge in [0.1, 0.15) is 0 Å². The molecule has 0 nitrogen and oxygen atoms in total. The average molecular weight is 152 g/mol. The molecule has 0 aliphatic heterocycles. The first kappa shape index (κ1) is 16.0. The van der Waals surface area contributed by atoms with Crippen LogP contribution in [0.3, 0.4) is 0 Å². The molecule has 0 atom stereocenters. The molecule has 0 spiro atoms. The summed E-state index contributed by atoms with van der Waals surface area (Å²) in [6.45, 7) is 6.77. The van der Waals surface area contributed by atoms with Crippen LogP contribution < -0.4 is 0 Å². The van der Waals surface area contributed by atoms with E-state index in [4.69, 9.17) is 0 Å². The molecule has 0 aliphatic rings. The Bertz CT molecular complexity index is 26.8. The first-order valence-electron chi connectivity index (χ1n) is 1.63. The van der Waals surface area contributed by atoms with Gasteiger partial charge in [-0.2, -0.15) is 6.92 Å². The zero-order valence-electron chi connectivity index (χ0n) is 4.76. The maximum atomic E-state index is 10.2. The van der Waals surface area contributed by atoms with Gasteiger partial charge in [-0.05, 0) is 0 Å². The molecule has 0 saturated carbocycles. The topological polar surface area (TPSA) is 0 Å². The van der Waals surface area contributed by atoms with Crippen LogP contribution in [0, 0.1) is 13.8 Å². The fourth-order valence-corrected chi connectivity index (χ4v) is 0. The Kier molecular flexibility index (Phi) is 16.1. The third-order valence-electron chi connectivity index (χ3n) is 0.